The Kier molecular flexibility index (Phi) is 2.30. The van der Waals surface area contributed by atoms with E-state index in [0.29, 0.717) is 15.9 Å². The van der Waals surface area contributed by atoms with Crippen LogP contribution >= 0.6 is 27.5 Å². The molecule has 1 aromatic carbocycles. The minimum Gasteiger partial charge on any atom is -0.295 e. The molecule has 1 aliphatic heterocycles. The van der Waals surface area contributed by atoms with Gasteiger partial charge < -0.3 is 0 Å². The Labute approximate surface area is 105 Å². The van der Waals surface area contributed by atoms with Gasteiger partial charge in [-0.05, 0) is 24.6 Å². The molecule has 0 saturated heterocycles. The quantitative estimate of drug-likeness (QED) is 0.701. The number of nitrogens with zero attached hydrogens (tertiary/aromatic N) is 2. The summed E-state index contributed by atoms with van der Waals surface area (Å²) in [5.74, 6) is 0.805. The number of hydrogen-bond donors (Lipinski definition) is 0. The third kappa shape index (κ3) is 1.40. The maximum absolute atomic E-state index is 12.1. The number of benzene rings is 1. The summed E-state index contributed by atoms with van der Waals surface area (Å²) in [6.07, 6.45) is 0.909. The highest BCUT2D eigenvalue weighted by molar-refractivity contribution is 9.09. The van der Waals surface area contributed by atoms with Crippen molar-refractivity contribution < 1.29 is 0 Å². The molecule has 5 heteroatoms. The molecule has 0 radical (unpaired) electrons. The van der Waals surface area contributed by atoms with Gasteiger partial charge in [0.15, 0.2) is 0 Å². The first-order valence-corrected chi connectivity index (χ1v) is 6.30. The van der Waals surface area contributed by atoms with E-state index in [1.54, 1.807) is 22.8 Å². The summed E-state index contributed by atoms with van der Waals surface area (Å²) >= 11 is 9.42. The van der Waals surface area contributed by atoms with Crippen molar-refractivity contribution in [3.05, 3.63) is 39.4 Å². The van der Waals surface area contributed by atoms with Crippen LogP contribution in [0.15, 0.2) is 23.0 Å². The van der Waals surface area contributed by atoms with Gasteiger partial charge in [0.25, 0.3) is 5.56 Å². The van der Waals surface area contributed by atoms with Gasteiger partial charge in [0.1, 0.15) is 5.82 Å². The minimum absolute atomic E-state index is 0.0265. The van der Waals surface area contributed by atoms with E-state index in [9.17, 15) is 4.79 Å². The van der Waals surface area contributed by atoms with Gasteiger partial charge in [0, 0.05) is 11.6 Å². The first kappa shape index (κ1) is 10.3. The van der Waals surface area contributed by atoms with E-state index in [4.69, 9.17) is 11.6 Å². The number of rotatable bonds is 0. The molecule has 0 fully saturated rings. The molecule has 0 amide bonds. The van der Waals surface area contributed by atoms with Crippen LogP contribution in [-0.4, -0.2) is 9.55 Å². The van der Waals surface area contributed by atoms with Crippen molar-refractivity contribution in [3.8, 4) is 0 Å². The molecule has 0 spiro atoms. The van der Waals surface area contributed by atoms with E-state index < -0.39 is 0 Å². The Bertz CT molecular complexity index is 638. The van der Waals surface area contributed by atoms with Crippen LogP contribution in [0.1, 0.15) is 17.1 Å². The largest absolute Gasteiger partial charge is 0.295 e. The van der Waals surface area contributed by atoms with Crippen LogP contribution in [0.25, 0.3) is 10.9 Å². The lowest BCUT2D eigenvalue weighted by atomic mass is 10.2. The summed E-state index contributed by atoms with van der Waals surface area (Å²) < 4.78 is 1.73. The monoisotopic (exact) mass is 298 g/mol. The zero-order valence-electron chi connectivity index (χ0n) is 8.28. The van der Waals surface area contributed by atoms with E-state index >= 15 is 0 Å². The lowest BCUT2D eigenvalue weighted by Crippen LogP contribution is -2.20. The van der Waals surface area contributed by atoms with Gasteiger partial charge in [0.05, 0.1) is 15.7 Å². The predicted octanol–water partition coefficient (Wildman–Crippen LogP) is 2.89. The molecule has 3 rings (SSSR count). The van der Waals surface area contributed by atoms with Crippen LogP contribution in [0.2, 0.25) is 5.02 Å². The third-order valence-electron chi connectivity index (χ3n) is 2.83. The Morgan fingerprint density at radius 3 is 3.12 bits per heavy atom. The van der Waals surface area contributed by atoms with Crippen LogP contribution in [-0.2, 0) is 6.54 Å². The molecule has 1 atom stereocenters. The fourth-order valence-electron chi connectivity index (χ4n) is 2.04. The molecule has 0 saturated carbocycles. The standard InChI is InChI=1S/C11H8BrClN2O/c12-8-3-4-15-10(8)14-9-5-6(13)1-2-7(9)11(15)16/h1-2,5,8H,3-4H2. The molecular weight excluding hydrogens is 291 g/mol. The number of aromatic nitrogens is 2. The van der Waals surface area contributed by atoms with E-state index in [1.807, 2.05) is 0 Å². The van der Waals surface area contributed by atoms with Gasteiger partial charge in [-0.2, -0.15) is 0 Å². The van der Waals surface area contributed by atoms with Crippen LogP contribution in [0.4, 0.5) is 0 Å². The van der Waals surface area contributed by atoms with Crippen molar-refractivity contribution in [3.63, 3.8) is 0 Å². The van der Waals surface area contributed by atoms with Crippen molar-refractivity contribution in [1.82, 2.24) is 9.55 Å². The van der Waals surface area contributed by atoms with Gasteiger partial charge in [-0.3, -0.25) is 9.36 Å². The zero-order chi connectivity index (χ0) is 11.3. The van der Waals surface area contributed by atoms with Crippen molar-refractivity contribution in [2.45, 2.75) is 17.8 Å². The predicted molar refractivity (Wildman–Crippen MR) is 67.3 cm³/mol. The molecule has 0 aliphatic carbocycles. The van der Waals surface area contributed by atoms with Gasteiger partial charge in [-0.15, -0.1) is 0 Å². The number of alkyl halides is 1. The average molecular weight is 300 g/mol. The summed E-state index contributed by atoms with van der Waals surface area (Å²) in [5, 5.41) is 1.24. The summed E-state index contributed by atoms with van der Waals surface area (Å²) in [5.41, 5.74) is 0.703. The topological polar surface area (TPSA) is 34.9 Å². The number of hydrogen-bond acceptors (Lipinski definition) is 2. The average Bonchev–Trinajstić information content (AvgIpc) is 2.61. The highest BCUT2D eigenvalue weighted by Crippen LogP contribution is 2.31. The SMILES string of the molecule is O=c1c2ccc(Cl)cc2nc2n1CCC2Br. The van der Waals surface area contributed by atoms with Crippen molar-refractivity contribution in [2.75, 3.05) is 0 Å². The summed E-state index contributed by atoms with van der Waals surface area (Å²) in [6, 6.07) is 5.19. The second-order valence-corrected chi connectivity index (χ2v) is 5.39. The molecular formula is C11H8BrClN2O. The van der Waals surface area contributed by atoms with Crippen LogP contribution in [0.5, 0.6) is 0 Å². The molecule has 2 aromatic rings. The smallest absolute Gasteiger partial charge is 0.261 e. The second-order valence-electron chi connectivity index (χ2n) is 3.84. The molecule has 1 aliphatic rings. The second kappa shape index (κ2) is 3.57. The van der Waals surface area contributed by atoms with Gasteiger partial charge >= 0.3 is 0 Å². The molecule has 0 bridgehead atoms. The first-order valence-electron chi connectivity index (χ1n) is 5.01. The zero-order valence-corrected chi connectivity index (χ0v) is 10.6. The number of fused-ring (bicyclic) bond motifs is 2. The maximum atomic E-state index is 12.1. The molecule has 16 heavy (non-hydrogen) atoms. The molecule has 2 heterocycles. The molecule has 1 aromatic heterocycles. The highest BCUT2D eigenvalue weighted by atomic mass is 79.9. The summed E-state index contributed by atoms with van der Waals surface area (Å²) in [7, 11) is 0. The fraction of sp³-hybridized carbons (Fsp3) is 0.273. The first-order chi connectivity index (χ1) is 7.66. The minimum atomic E-state index is 0.0265. The maximum Gasteiger partial charge on any atom is 0.261 e. The molecule has 3 nitrogen and oxygen atoms in total. The van der Waals surface area contributed by atoms with Crippen LogP contribution < -0.4 is 5.56 Å². The van der Waals surface area contributed by atoms with Gasteiger partial charge in [-0.1, -0.05) is 27.5 Å². The van der Waals surface area contributed by atoms with Gasteiger partial charge in [0.2, 0.25) is 0 Å². The normalized spacial score (nSPS) is 19.0. The lowest BCUT2D eigenvalue weighted by Gasteiger charge is -2.06. The summed E-state index contributed by atoms with van der Waals surface area (Å²) in [6.45, 7) is 0.732. The van der Waals surface area contributed by atoms with Crippen molar-refractivity contribution in [1.29, 1.82) is 0 Å². The van der Waals surface area contributed by atoms with Gasteiger partial charge in [-0.25, -0.2) is 4.98 Å². The van der Waals surface area contributed by atoms with E-state index in [0.717, 1.165) is 18.8 Å². The fourth-order valence-corrected chi connectivity index (χ4v) is 2.76. The molecule has 0 N–H and O–H groups in total. The Morgan fingerprint density at radius 2 is 2.31 bits per heavy atom. The van der Waals surface area contributed by atoms with E-state index in [1.165, 1.54) is 0 Å². The number of halogens is 2. The van der Waals surface area contributed by atoms with Crippen molar-refractivity contribution in [2.24, 2.45) is 0 Å². The Balaban J connectivity index is 2.44. The third-order valence-corrected chi connectivity index (χ3v) is 3.94. The van der Waals surface area contributed by atoms with Crippen molar-refractivity contribution >= 4 is 38.4 Å². The van der Waals surface area contributed by atoms with Crippen LogP contribution in [0, 0.1) is 0 Å². The highest BCUT2D eigenvalue weighted by Gasteiger charge is 2.23. The summed E-state index contributed by atoms with van der Waals surface area (Å²) in [4.78, 5) is 16.8. The van der Waals surface area contributed by atoms with E-state index in [2.05, 4.69) is 20.9 Å². The van der Waals surface area contributed by atoms with Crippen LogP contribution in [0.3, 0.4) is 0 Å². The molecule has 1 unspecified atom stereocenters. The Hall–Kier alpha value is -0.870. The lowest BCUT2D eigenvalue weighted by molar-refractivity contribution is 0.719. The van der Waals surface area contributed by atoms with E-state index in [-0.39, 0.29) is 10.4 Å². The Morgan fingerprint density at radius 1 is 1.50 bits per heavy atom. The molecule has 82 valence electrons.